The Morgan fingerprint density at radius 2 is 1.48 bits per heavy atom. The van der Waals surface area contributed by atoms with Crippen molar-refractivity contribution in [1.29, 1.82) is 0 Å². The Balaban J connectivity index is 2.18. The summed E-state index contributed by atoms with van der Waals surface area (Å²) < 4.78 is 65.3. The minimum atomic E-state index is -4.79. The molecule has 0 fully saturated rings. The topological polar surface area (TPSA) is 15.8 Å². The van der Waals surface area contributed by atoms with Gasteiger partial charge in [-0.3, -0.25) is 0 Å². The lowest BCUT2D eigenvalue weighted by Crippen LogP contribution is -2.07. The number of H-pyrrole nitrogens is 1. The molecular weight excluding hydrogens is 289 g/mol. The van der Waals surface area contributed by atoms with E-state index in [9.17, 15) is 22.0 Å². The molecule has 1 N–H and O–H groups in total. The number of halogens is 5. The quantitative estimate of drug-likeness (QED) is 0.599. The summed E-state index contributed by atoms with van der Waals surface area (Å²) in [7, 11) is 0. The van der Waals surface area contributed by atoms with Gasteiger partial charge in [-0.1, -0.05) is 18.2 Å². The Bertz CT molecular complexity index is 760. The Morgan fingerprint density at radius 1 is 0.857 bits per heavy atom. The normalized spacial score (nSPS) is 12.0. The molecule has 1 aromatic heterocycles. The molecule has 0 radical (unpaired) electrons. The SMILES string of the molecule is Fc1cc(C(F)(F)F)cc(F)c1-c1cc2ccccc2[nH]1. The first-order valence-corrected chi connectivity index (χ1v) is 6.00. The lowest BCUT2D eigenvalue weighted by atomic mass is 10.1. The van der Waals surface area contributed by atoms with Crippen LogP contribution in [0.1, 0.15) is 5.56 Å². The van der Waals surface area contributed by atoms with Crippen LogP contribution in [-0.2, 0) is 6.18 Å². The highest BCUT2D eigenvalue weighted by Crippen LogP contribution is 2.35. The van der Waals surface area contributed by atoms with Crippen LogP contribution in [0, 0.1) is 11.6 Å². The number of benzene rings is 2. The molecule has 0 spiro atoms. The Hall–Kier alpha value is -2.37. The first-order chi connectivity index (χ1) is 9.86. The molecule has 0 aliphatic heterocycles. The van der Waals surface area contributed by atoms with Crippen LogP contribution in [0.25, 0.3) is 22.2 Å². The summed E-state index contributed by atoms with van der Waals surface area (Å²) >= 11 is 0. The number of hydrogen-bond donors (Lipinski definition) is 1. The molecule has 0 atom stereocenters. The van der Waals surface area contributed by atoms with Gasteiger partial charge in [0.15, 0.2) is 0 Å². The van der Waals surface area contributed by atoms with Crippen molar-refractivity contribution in [3.05, 3.63) is 59.7 Å². The molecule has 108 valence electrons. The van der Waals surface area contributed by atoms with Gasteiger partial charge in [0.05, 0.1) is 16.8 Å². The summed E-state index contributed by atoms with van der Waals surface area (Å²) in [5.74, 6) is -2.51. The van der Waals surface area contributed by atoms with Gasteiger partial charge in [-0.05, 0) is 24.3 Å². The van der Waals surface area contributed by atoms with Gasteiger partial charge in [0.25, 0.3) is 0 Å². The number of rotatable bonds is 1. The predicted octanol–water partition coefficient (Wildman–Crippen LogP) is 5.13. The van der Waals surface area contributed by atoms with Crippen LogP contribution >= 0.6 is 0 Å². The van der Waals surface area contributed by atoms with Crippen LogP contribution in [0.15, 0.2) is 42.5 Å². The molecule has 6 heteroatoms. The van der Waals surface area contributed by atoms with Crippen molar-refractivity contribution in [2.75, 3.05) is 0 Å². The minimum Gasteiger partial charge on any atom is -0.354 e. The zero-order valence-electron chi connectivity index (χ0n) is 10.4. The number of aromatic nitrogens is 1. The molecule has 2 aromatic carbocycles. The number of hydrogen-bond acceptors (Lipinski definition) is 0. The van der Waals surface area contributed by atoms with Gasteiger partial charge >= 0.3 is 6.18 Å². The monoisotopic (exact) mass is 297 g/mol. The molecule has 0 unspecified atom stereocenters. The number of alkyl halides is 3. The Kier molecular flexibility index (Phi) is 2.97. The molecule has 3 rings (SSSR count). The van der Waals surface area contributed by atoms with Crippen molar-refractivity contribution in [2.24, 2.45) is 0 Å². The first kappa shape index (κ1) is 13.6. The van der Waals surface area contributed by atoms with Crippen LogP contribution in [0.3, 0.4) is 0 Å². The summed E-state index contributed by atoms with van der Waals surface area (Å²) in [5.41, 5.74) is -1.11. The Labute approximate surface area is 116 Å². The fraction of sp³-hybridized carbons (Fsp3) is 0.0667. The van der Waals surface area contributed by atoms with Crippen molar-refractivity contribution in [3.8, 4) is 11.3 Å². The molecule has 0 aliphatic carbocycles. The Morgan fingerprint density at radius 3 is 2.05 bits per heavy atom. The highest BCUT2D eigenvalue weighted by molar-refractivity contribution is 5.86. The molecule has 0 amide bonds. The highest BCUT2D eigenvalue weighted by atomic mass is 19.4. The van der Waals surface area contributed by atoms with E-state index in [1.165, 1.54) is 6.07 Å². The van der Waals surface area contributed by atoms with Crippen LogP contribution < -0.4 is 0 Å². The maximum Gasteiger partial charge on any atom is 0.416 e. The van der Waals surface area contributed by atoms with E-state index in [-0.39, 0.29) is 5.69 Å². The average molecular weight is 297 g/mol. The highest BCUT2D eigenvalue weighted by Gasteiger charge is 2.33. The van der Waals surface area contributed by atoms with Gasteiger partial charge in [-0.15, -0.1) is 0 Å². The first-order valence-electron chi connectivity index (χ1n) is 6.00. The van der Waals surface area contributed by atoms with E-state index in [1.807, 2.05) is 0 Å². The fourth-order valence-corrected chi connectivity index (χ4v) is 2.20. The lowest BCUT2D eigenvalue weighted by Gasteiger charge is -2.09. The van der Waals surface area contributed by atoms with Crippen molar-refractivity contribution < 1.29 is 22.0 Å². The average Bonchev–Trinajstić information content (AvgIpc) is 2.79. The third-order valence-corrected chi connectivity index (χ3v) is 3.17. The zero-order valence-corrected chi connectivity index (χ0v) is 10.4. The molecule has 0 bridgehead atoms. The van der Waals surface area contributed by atoms with E-state index < -0.39 is 28.9 Å². The summed E-state index contributed by atoms with van der Waals surface area (Å²) in [4.78, 5) is 2.79. The van der Waals surface area contributed by atoms with Gasteiger partial charge < -0.3 is 4.98 Å². The smallest absolute Gasteiger partial charge is 0.354 e. The van der Waals surface area contributed by atoms with Crippen LogP contribution in [-0.4, -0.2) is 4.98 Å². The molecule has 0 saturated carbocycles. The zero-order chi connectivity index (χ0) is 15.2. The second kappa shape index (κ2) is 4.58. The third kappa shape index (κ3) is 2.37. The van der Waals surface area contributed by atoms with Gasteiger partial charge in [-0.25, -0.2) is 8.78 Å². The van der Waals surface area contributed by atoms with Gasteiger partial charge in [0.1, 0.15) is 11.6 Å². The second-order valence-electron chi connectivity index (χ2n) is 4.58. The van der Waals surface area contributed by atoms with Crippen molar-refractivity contribution in [2.45, 2.75) is 6.18 Å². The third-order valence-electron chi connectivity index (χ3n) is 3.17. The van der Waals surface area contributed by atoms with Gasteiger partial charge in [-0.2, -0.15) is 13.2 Å². The van der Waals surface area contributed by atoms with Gasteiger partial charge in [0.2, 0.25) is 0 Å². The summed E-state index contributed by atoms with van der Waals surface area (Å²) in [5, 5.41) is 0.714. The van der Waals surface area contributed by atoms with Crippen LogP contribution in [0.4, 0.5) is 22.0 Å². The molecule has 0 aliphatic rings. The summed E-state index contributed by atoms with van der Waals surface area (Å²) in [6.45, 7) is 0. The maximum absolute atomic E-state index is 13.9. The van der Waals surface area contributed by atoms with Crippen molar-refractivity contribution in [1.82, 2.24) is 4.98 Å². The van der Waals surface area contributed by atoms with E-state index in [4.69, 9.17) is 0 Å². The number of nitrogens with one attached hydrogen (secondary N) is 1. The van der Waals surface area contributed by atoms with E-state index in [1.54, 1.807) is 24.3 Å². The van der Waals surface area contributed by atoms with Crippen LogP contribution in [0.2, 0.25) is 0 Å². The largest absolute Gasteiger partial charge is 0.416 e. The maximum atomic E-state index is 13.9. The van der Waals surface area contributed by atoms with Crippen molar-refractivity contribution >= 4 is 10.9 Å². The number of para-hydroxylation sites is 1. The predicted molar refractivity (Wildman–Crippen MR) is 68.7 cm³/mol. The second-order valence-corrected chi connectivity index (χ2v) is 4.58. The summed E-state index contributed by atoms with van der Waals surface area (Å²) in [6.07, 6.45) is -4.79. The molecule has 0 saturated heterocycles. The van der Waals surface area contributed by atoms with E-state index in [0.717, 1.165) is 0 Å². The van der Waals surface area contributed by atoms with Crippen LogP contribution in [0.5, 0.6) is 0 Å². The number of aromatic amines is 1. The molecule has 1 heterocycles. The fourth-order valence-electron chi connectivity index (χ4n) is 2.20. The van der Waals surface area contributed by atoms with Gasteiger partial charge in [0, 0.05) is 10.9 Å². The standard InChI is InChI=1S/C15H8F5N/c16-10-6-9(15(18,19)20)7-11(17)14(10)13-5-8-3-1-2-4-12(8)21-13/h1-7,21H. The minimum absolute atomic E-state index is 0.0972. The van der Waals surface area contributed by atoms with E-state index in [0.29, 0.717) is 23.0 Å². The van der Waals surface area contributed by atoms with E-state index in [2.05, 4.69) is 4.98 Å². The van der Waals surface area contributed by atoms with Crippen molar-refractivity contribution in [3.63, 3.8) is 0 Å². The summed E-state index contributed by atoms with van der Waals surface area (Å²) in [6, 6.07) is 9.01. The van der Waals surface area contributed by atoms with E-state index >= 15 is 0 Å². The molecule has 21 heavy (non-hydrogen) atoms. The molecule has 1 nitrogen and oxygen atoms in total. The molecule has 3 aromatic rings. The molecular formula is C15H8F5N. The number of fused-ring (bicyclic) bond motifs is 1. The lowest BCUT2D eigenvalue weighted by molar-refractivity contribution is -0.137.